The fourth-order valence-electron chi connectivity index (χ4n) is 1.56. The number of hydrogen-bond acceptors (Lipinski definition) is 3. The van der Waals surface area contributed by atoms with Gasteiger partial charge < -0.3 is 0 Å². The number of carbonyl (C=O) groups is 2. The highest BCUT2D eigenvalue weighted by Crippen LogP contribution is 2.21. The van der Waals surface area contributed by atoms with E-state index in [0.29, 0.717) is 19.4 Å². The van der Waals surface area contributed by atoms with Gasteiger partial charge in [0.05, 0.1) is 5.02 Å². The van der Waals surface area contributed by atoms with E-state index in [4.69, 9.17) is 23.2 Å². The molecule has 1 aliphatic heterocycles. The predicted octanol–water partition coefficient (Wildman–Crippen LogP) is 2.15. The zero-order valence-corrected chi connectivity index (χ0v) is 9.75. The topological polar surface area (TPSA) is 50.3 Å². The average molecular weight is 259 g/mol. The van der Waals surface area contributed by atoms with E-state index in [0.717, 1.165) is 4.90 Å². The molecule has 1 fully saturated rings. The predicted molar refractivity (Wildman–Crippen MR) is 59.5 cm³/mol. The molecule has 0 spiro atoms. The maximum Gasteiger partial charge on any atom is 0.280 e. The summed E-state index contributed by atoms with van der Waals surface area (Å²) >= 11 is 11.5. The number of likely N-dealkylation sites (tertiary alicyclic amines) is 1. The lowest BCUT2D eigenvalue weighted by Crippen LogP contribution is -2.32. The van der Waals surface area contributed by atoms with Crippen LogP contribution in [0.5, 0.6) is 0 Å². The van der Waals surface area contributed by atoms with Gasteiger partial charge in [0.15, 0.2) is 0 Å². The molecule has 1 aliphatic rings. The third kappa shape index (κ3) is 2.03. The second kappa shape index (κ2) is 4.39. The van der Waals surface area contributed by atoms with Gasteiger partial charge in [-0.25, -0.2) is 4.98 Å². The molecule has 1 aromatic heterocycles. The van der Waals surface area contributed by atoms with Crippen molar-refractivity contribution in [2.75, 3.05) is 6.54 Å². The summed E-state index contributed by atoms with van der Waals surface area (Å²) in [7, 11) is 0. The number of imide groups is 1. The van der Waals surface area contributed by atoms with Crippen molar-refractivity contribution in [3.8, 4) is 0 Å². The van der Waals surface area contributed by atoms with Gasteiger partial charge in [-0.15, -0.1) is 0 Å². The number of amides is 2. The summed E-state index contributed by atoms with van der Waals surface area (Å²) in [6, 6.07) is 2.98. The lowest BCUT2D eigenvalue weighted by Gasteiger charge is -2.13. The number of hydrogen-bond donors (Lipinski definition) is 0. The molecular formula is C10H8Cl2N2O2. The Morgan fingerprint density at radius 1 is 1.38 bits per heavy atom. The van der Waals surface area contributed by atoms with Crippen LogP contribution < -0.4 is 0 Å². The zero-order chi connectivity index (χ0) is 11.7. The van der Waals surface area contributed by atoms with Gasteiger partial charge >= 0.3 is 0 Å². The van der Waals surface area contributed by atoms with Gasteiger partial charge in [-0.1, -0.05) is 23.2 Å². The van der Waals surface area contributed by atoms with Crippen molar-refractivity contribution in [1.29, 1.82) is 0 Å². The van der Waals surface area contributed by atoms with Crippen LogP contribution in [0.2, 0.25) is 10.2 Å². The first kappa shape index (κ1) is 11.4. The second-order valence-electron chi connectivity index (χ2n) is 3.42. The first-order valence-electron chi connectivity index (χ1n) is 4.76. The molecule has 0 unspecified atom stereocenters. The molecule has 4 nitrogen and oxygen atoms in total. The fraction of sp³-hybridized carbons (Fsp3) is 0.300. The second-order valence-corrected chi connectivity index (χ2v) is 4.21. The fourth-order valence-corrected chi connectivity index (χ4v) is 1.89. The molecule has 84 valence electrons. The molecule has 0 radical (unpaired) electrons. The largest absolute Gasteiger partial charge is 0.280 e. The maximum atomic E-state index is 11.9. The summed E-state index contributed by atoms with van der Waals surface area (Å²) in [4.78, 5) is 28.3. The van der Waals surface area contributed by atoms with E-state index in [1.165, 1.54) is 12.1 Å². The van der Waals surface area contributed by atoms with Crippen LogP contribution in [0.3, 0.4) is 0 Å². The molecule has 6 heteroatoms. The number of aromatic nitrogens is 1. The van der Waals surface area contributed by atoms with Crippen molar-refractivity contribution in [2.45, 2.75) is 12.8 Å². The number of halogens is 2. The minimum absolute atomic E-state index is 0.0319. The highest BCUT2D eigenvalue weighted by Gasteiger charge is 2.29. The van der Waals surface area contributed by atoms with Gasteiger partial charge in [0.1, 0.15) is 10.8 Å². The van der Waals surface area contributed by atoms with Gasteiger partial charge in [-0.3, -0.25) is 14.5 Å². The van der Waals surface area contributed by atoms with Gasteiger partial charge in [-0.05, 0) is 18.6 Å². The van der Waals surface area contributed by atoms with Gasteiger partial charge in [0, 0.05) is 13.0 Å². The first-order valence-corrected chi connectivity index (χ1v) is 5.52. The average Bonchev–Trinajstić information content (AvgIpc) is 2.67. The molecule has 0 saturated carbocycles. The van der Waals surface area contributed by atoms with Crippen LogP contribution in [0.25, 0.3) is 0 Å². The van der Waals surface area contributed by atoms with E-state index >= 15 is 0 Å². The van der Waals surface area contributed by atoms with Crippen molar-refractivity contribution < 1.29 is 9.59 Å². The summed E-state index contributed by atoms with van der Waals surface area (Å²) in [6.45, 7) is 0.419. The Labute approximate surface area is 102 Å². The molecule has 16 heavy (non-hydrogen) atoms. The molecule has 2 heterocycles. The summed E-state index contributed by atoms with van der Waals surface area (Å²) in [5, 5.41) is 0.383. The molecule has 1 saturated heterocycles. The Hall–Kier alpha value is -1.13. The molecule has 0 atom stereocenters. The van der Waals surface area contributed by atoms with E-state index < -0.39 is 5.91 Å². The van der Waals surface area contributed by atoms with Crippen molar-refractivity contribution >= 4 is 35.0 Å². The van der Waals surface area contributed by atoms with Gasteiger partial charge in [-0.2, -0.15) is 0 Å². The van der Waals surface area contributed by atoms with Crippen LogP contribution in [0, 0.1) is 0 Å². The number of rotatable bonds is 1. The van der Waals surface area contributed by atoms with Gasteiger partial charge in [0.25, 0.3) is 5.91 Å². The zero-order valence-electron chi connectivity index (χ0n) is 8.24. The summed E-state index contributed by atoms with van der Waals surface area (Å²) < 4.78 is 0. The Morgan fingerprint density at radius 3 is 2.75 bits per heavy atom. The standard InChI is InChI=1S/C10H8Cl2N2O2/c11-6-3-4-7(12)13-9(6)10(16)14-5-1-2-8(14)15/h3-4H,1-2,5H2. The van der Waals surface area contributed by atoms with Crippen LogP contribution in [0.1, 0.15) is 23.3 Å². The minimum Gasteiger partial charge on any atom is -0.277 e. The number of nitrogens with zero attached hydrogens (tertiary/aromatic N) is 2. The summed E-state index contributed by atoms with van der Waals surface area (Å²) in [5.41, 5.74) is 0.0319. The van der Waals surface area contributed by atoms with E-state index in [2.05, 4.69) is 4.98 Å². The number of carbonyl (C=O) groups excluding carboxylic acids is 2. The van der Waals surface area contributed by atoms with Crippen molar-refractivity contribution in [3.05, 3.63) is 28.0 Å². The van der Waals surface area contributed by atoms with Crippen LogP contribution in [0.4, 0.5) is 0 Å². The molecule has 0 N–H and O–H groups in total. The summed E-state index contributed by atoms with van der Waals surface area (Å²) in [5.74, 6) is -0.669. The van der Waals surface area contributed by atoms with Crippen LogP contribution >= 0.6 is 23.2 Å². The molecule has 0 aliphatic carbocycles. The Bertz CT molecular complexity index is 462. The Kier molecular flexibility index (Phi) is 3.12. The third-order valence-corrected chi connectivity index (χ3v) is 2.85. The summed E-state index contributed by atoms with van der Waals surface area (Å²) in [6.07, 6.45) is 1.08. The SMILES string of the molecule is O=C1CCCN1C(=O)c1nc(Cl)ccc1Cl. The maximum absolute atomic E-state index is 11.9. The smallest absolute Gasteiger partial charge is 0.277 e. The van der Waals surface area contributed by atoms with Crippen molar-refractivity contribution in [2.24, 2.45) is 0 Å². The minimum atomic E-state index is -0.477. The van der Waals surface area contributed by atoms with E-state index in [9.17, 15) is 9.59 Å². The van der Waals surface area contributed by atoms with Crippen LogP contribution in [-0.2, 0) is 4.79 Å². The van der Waals surface area contributed by atoms with Gasteiger partial charge in [0.2, 0.25) is 5.91 Å². The lowest BCUT2D eigenvalue weighted by atomic mass is 10.3. The van der Waals surface area contributed by atoms with E-state index in [1.807, 2.05) is 0 Å². The monoisotopic (exact) mass is 258 g/mol. The first-order chi connectivity index (χ1) is 7.59. The molecule has 1 aromatic rings. The molecule has 2 rings (SSSR count). The quantitative estimate of drug-likeness (QED) is 0.573. The molecule has 2 amide bonds. The van der Waals surface area contributed by atoms with Crippen LogP contribution in [0.15, 0.2) is 12.1 Å². The van der Waals surface area contributed by atoms with E-state index in [-0.39, 0.29) is 21.8 Å². The van der Waals surface area contributed by atoms with Crippen molar-refractivity contribution in [3.63, 3.8) is 0 Å². The van der Waals surface area contributed by atoms with Crippen molar-refractivity contribution in [1.82, 2.24) is 9.88 Å². The van der Waals surface area contributed by atoms with E-state index in [1.54, 1.807) is 0 Å². The third-order valence-electron chi connectivity index (χ3n) is 2.33. The van der Waals surface area contributed by atoms with Crippen LogP contribution in [-0.4, -0.2) is 28.2 Å². The Balaban J connectivity index is 2.33. The normalized spacial score (nSPS) is 15.6. The molecular weight excluding hydrogens is 251 g/mol. The number of pyridine rings is 1. The lowest BCUT2D eigenvalue weighted by molar-refractivity contribution is -0.125. The molecule has 0 aromatic carbocycles. The molecule has 0 bridgehead atoms. The Morgan fingerprint density at radius 2 is 2.12 bits per heavy atom. The highest BCUT2D eigenvalue weighted by atomic mass is 35.5. The highest BCUT2D eigenvalue weighted by molar-refractivity contribution is 6.35.